The Kier molecular flexibility index (Phi) is 4.89. The number of halogens is 3. The number of fused-ring (bicyclic) bond motifs is 2. The van der Waals surface area contributed by atoms with E-state index in [-0.39, 0.29) is 22.4 Å². The monoisotopic (exact) mass is 520 g/mol. The molecule has 1 aliphatic heterocycles. The number of hydrogen-bond acceptors (Lipinski definition) is 5. The number of hydrogen-bond donors (Lipinski definition) is 3. The van der Waals surface area contributed by atoms with Gasteiger partial charge in [-0.05, 0) is 60.3 Å². The summed E-state index contributed by atoms with van der Waals surface area (Å²) in [6.07, 6.45) is -0.833. The molecule has 0 radical (unpaired) electrons. The van der Waals surface area contributed by atoms with Crippen molar-refractivity contribution in [3.05, 3.63) is 86.8 Å². The highest BCUT2D eigenvalue weighted by atomic mass is 19.4. The maximum atomic E-state index is 13.8. The first-order valence-corrected chi connectivity index (χ1v) is 13.0. The zero-order valence-corrected chi connectivity index (χ0v) is 20.6. The van der Waals surface area contributed by atoms with Crippen molar-refractivity contribution in [1.82, 2.24) is 20.2 Å². The molecule has 10 heteroatoms. The number of H-pyrrole nitrogens is 2. The van der Waals surface area contributed by atoms with Gasteiger partial charge in [-0.15, -0.1) is 0 Å². The van der Waals surface area contributed by atoms with Gasteiger partial charge in [0.15, 0.2) is 5.65 Å². The van der Waals surface area contributed by atoms with E-state index in [4.69, 9.17) is 5.73 Å². The Bertz CT molecular complexity index is 1610. The van der Waals surface area contributed by atoms with Gasteiger partial charge in [-0.25, -0.2) is 0 Å². The molecule has 7 rings (SSSR count). The molecule has 1 saturated carbocycles. The Labute approximate surface area is 216 Å². The van der Waals surface area contributed by atoms with Crippen LogP contribution < -0.4 is 16.2 Å². The molecule has 2 aliphatic carbocycles. The van der Waals surface area contributed by atoms with Crippen LogP contribution in [0.1, 0.15) is 59.7 Å². The number of benzene rings is 2. The molecule has 2 fully saturated rings. The largest absolute Gasteiger partial charge is 0.416 e. The van der Waals surface area contributed by atoms with Crippen LogP contribution in [0.4, 0.5) is 19.1 Å². The van der Waals surface area contributed by atoms with E-state index in [1.54, 1.807) is 6.07 Å². The maximum Gasteiger partial charge on any atom is 0.416 e. The lowest BCUT2D eigenvalue weighted by Crippen LogP contribution is -2.45. The quantitative estimate of drug-likeness (QED) is 0.367. The molecule has 4 aromatic rings. The van der Waals surface area contributed by atoms with Gasteiger partial charge >= 0.3 is 6.18 Å². The number of nitrogens with one attached hydrogen (secondary N) is 2. The van der Waals surface area contributed by atoms with Gasteiger partial charge in [-0.1, -0.05) is 42.5 Å². The SMILES string of the molecule is N[C@@H]1c2ccccc2CC12CCN(c1nc3[nH]nc(C4(c5ccccc5C(F)(F)F)CC4)c3c(=O)[nH]1)CC2. The van der Waals surface area contributed by atoms with Crippen LogP contribution in [0, 0.1) is 5.41 Å². The van der Waals surface area contributed by atoms with Gasteiger partial charge in [0.25, 0.3) is 5.56 Å². The first-order valence-electron chi connectivity index (χ1n) is 13.0. The zero-order chi connectivity index (χ0) is 26.3. The molecule has 1 spiro atoms. The Morgan fingerprint density at radius 3 is 2.42 bits per heavy atom. The van der Waals surface area contributed by atoms with Crippen LogP contribution in [0.3, 0.4) is 0 Å². The highest BCUT2D eigenvalue weighted by molar-refractivity contribution is 5.80. The van der Waals surface area contributed by atoms with Crippen molar-refractivity contribution in [2.24, 2.45) is 11.1 Å². The lowest BCUT2D eigenvalue weighted by molar-refractivity contribution is -0.138. The molecule has 0 amide bonds. The summed E-state index contributed by atoms with van der Waals surface area (Å²) in [5, 5.41) is 7.42. The van der Waals surface area contributed by atoms with Gasteiger partial charge in [0.1, 0.15) is 5.39 Å². The Hall–Kier alpha value is -3.66. The first kappa shape index (κ1) is 23.5. The van der Waals surface area contributed by atoms with Gasteiger partial charge in [0.2, 0.25) is 5.95 Å². The summed E-state index contributed by atoms with van der Waals surface area (Å²) in [4.78, 5) is 22.9. The van der Waals surface area contributed by atoms with Crippen LogP contribution in [-0.4, -0.2) is 33.3 Å². The van der Waals surface area contributed by atoms with Gasteiger partial charge in [0, 0.05) is 24.5 Å². The van der Waals surface area contributed by atoms with Crippen molar-refractivity contribution in [2.75, 3.05) is 18.0 Å². The van der Waals surface area contributed by atoms with E-state index in [0.717, 1.165) is 25.3 Å². The fraction of sp³-hybridized carbons (Fsp3) is 0.393. The molecule has 196 valence electrons. The fourth-order valence-corrected chi connectivity index (χ4v) is 6.80. The summed E-state index contributed by atoms with van der Waals surface area (Å²) in [6, 6.07) is 13.9. The highest BCUT2D eigenvalue weighted by Crippen LogP contribution is 2.56. The van der Waals surface area contributed by atoms with E-state index < -0.39 is 22.7 Å². The molecule has 3 heterocycles. The second kappa shape index (κ2) is 7.92. The van der Waals surface area contributed by atoms with Gasteiger partial charge in [-0.2, -0.15) is 23.3 Å². The fourth-order valence-electron chi connectivity index (χ4n) is 6.80. The van der Waals surface area contributed by atoms with E-state index >= 15 is 0 Å². The first-order chi connectivity index (χ1) is 18.2. The number of aromatic amines is 2. The molecule has 3 aliphatic rings. The van der Waals surface area contributed by atoms with Crippen molar-refractivity contribution in [2.45, 2.75) is 49.7 Å². The molecule has 2 aromatic carbocycles. The summed E-state index contributed by atoms with van der Waals surface area (Å²) in [6.45, 7) is 1.39. The summed E-state index contributed by atoms with van der Waals surface area (Å²) in [5.74, 6) is 0.442. The minimum atomic E-state index is -4.50. The molecule has 4 N–H and O–H groups in total. The van der Waals surface area contributed by atoms with Crippen molar-refractivity contribution in [3.63, 3.8) is 0 Å². The van der Waals surface area contributed by atoms with Crippen molar-refractivity contribution in [1.29, 1.82) is 0 Å². The summed E-state index contributed by atoms with van der Waals surface area (Å²) in [7, 11) is 0. The van der Waals surface area contributed by atoms with Crippen LogP contribution in [0.25, 0.3) is 11.0 Å². The zero-order valence-electron chi connectivity index (χ0n) is 20.6. The van der Waals surface area contributed by atoms with E-state index in [0.29, 0.717) is 43.2 Å². The van der Waals surface area contributed by atoms with Crippen LogP contribution in [0.5, 0.6) is 0 Å². The van der Waals surface area contributed by atoms with Crippen LogP contribution in [0.2, 0.25) is 0 Å². The van der Waals surface area contributed by atoms with Crippen molar-refractivity contribution in [3.8, 4) is 0 Å². The normalized spacial score (nSPS) is 21.7. The molecular formula is C28H27F3N6O. The van der Waals surface area contributed by atoms with Gasteiger partial charge in [-0.3, -0.25) is 14.9 Å². The average Bonchev–Trinajstić information content (AvgIpc) is 3.52. The minimum Gasteiger partial charge on any atom is -0.342 e. The van der Waals surface area contributed by atoms with E-state index in [1.165, 1.54) is 23.3 Å². The molecular weight excluding hydrogens is 493 g/mol. The Morgan fingerprint density at radius 2 is 1.71 bits per heavy atom. The summed E-state index contributed by atoms with van der Waals surface area (Å²) >= 11 is 0. The van der Waals surface area contributed by atoms with Gasteiger partial charge < -0.3 is 10.6 Å². The maximum absolute atomic E-state index is 13.8. The second-order valence-electron chi connectivity index (χ2n) is 11.0. The Balaban J connectivity index is 1.19. The van der Waals surface area contributed by atoms with E-state index in [9.17, 15) is 18.0 Å². The number of aromatic nitrogens is 4. The molecule has 2 aromatic heterocycles. The predicted molar refractivity (Wildman–Crippen MR) is 137 cm³/mol. The third-order valence-corrected chi connectivity index (χ3v) is 9.02. The Morgan fingerprint density at radius 1 is 1.00 bits per heavy atom. The topological polar surface area (TPSA) is 104 Å². The number of piperidine rings is 1. The molecule has 38 heavy (non-hydrogen) atoms. The number of nitrogens with zero attached hydrogens (tertiary/aromatic N) is 3. The number of alkyl halides is 3. The third kappa shape index (κ3) is 3.35. The molecule has 0 bridgehead atoms. The highest BCUT2D eigenvalue weighted by Gasteiger charge is 2.53. The van der Waals surface area contributed by atoms with Crippen molar-refractivity contribution >= 4 is 17.0 Å². The summed E-state index contributed by atoms with van der Waals surface area (Å²) in [5.41, 5.74) is 7.97. The second-order valence-corrected chi connectivity index (χ2v) is 11.0. The number of anilines is 1. The molecule has 1 atom stereocenters. The van der Waals surface area contributed by atoms with Crippen LogP contribution in [0.15, 0.2) is 53.3 Å². The molecule has 0 unspecified atom stereocenters. The van der Waals surface area contributed by atoms with Gasteiger partial charge in [0.05, 0.1) is 11.3 Å². The lowest BCUT2D eigenvalue weighted by Gasteiger charge is -2.42. The average molecular weight is 521 g/mol. The predicted octanol–water partition coefficient (Wildman–Crippen LogP) is 4.59. The van der Waals surface area contributed by atoms with E-state index in [2.05, 4.69) is 38.4 Å². The number of rotatable bonds is 3. The van der Waals surface area contributed by atoms with E-state index in [1.807, 2.05) is 11.0 Å². The molecule has 1 saturated heterocycles. The minimum absolute atomic E-state index is 0.00400. The molecule has 7 nitrogen and oxygen atoms in total. The summed E-state index contributed by atoms with van der Waals surface area (Å²) < 4.78 is 41.4. The smallest absolute Gasteiger partial charge is 0.342 e. The number of nitrogens with two attached hydrogens (primary N) is 1. The third-order valence-electron chi connectivity index (χ3n) is 9.02. The lowest BCUT2D eigenvalue weighted by atomic mass is 9.73. The van der Waals surface area contributed by atoms with Crippen LogP contribution >= 0.6 is 0 Å². The van der Waals surface area contributed by atoms with Crippen LogP contribution in [-0.2, 0) is 18.0 Å². The standard InChI is InChI=1S/C28H27F3N6O/c29-28(30,31)19-8-4-3-7-18(19)27(9-10-27)22-20-23(36-35-22)33-25(34-24(20)38)37-13-11-26(12-14-37)15-16-5-1-2-6-17(16)21(26)32/h1-8,21H,9-15,32H2,(H2,33,34,35,36,38)/t21-/m1/s1. The van der Waals surface area contributed by atoms with Crippen molar-refractivity contribution < 1.29 is 13.2 Å².